The van der Waals surface area contributed by atoms with Crippen LogP contribution in [-0.4, -0.2) is 67.0 Å². The number of nitrogens with one attached hydrogen (secondary N) is 1. The van der Waals surface area contributed by atoms with Gasteiger partial charge in [0, 0.05) is 43.3 Å². The molecule has 5 rings (SSSR count). The van der Waals surface area contributed by atoms with E-state index in [1.807, 2.05) is 18.2 Å². The lowest BCUT2D eigenvalue weighted by molar-refractivity contribution is -0.0403. The molecule has 1 aromatic heterocycles. The number of allylic oxidation sites excluding steroid dienone is 3. The minimum Gasteiger partial charge on any atom is -0.497 e. The summed E-state index contributed by atoms with van der Waals surface area (Å²) in [5.74, 6) is 1.45. The third-order valence-corrected chi connectivity index (χ3v) is 7.38. The highest BCUT2D eigenvalue weighted by Crippen LogP contribution is 2.33. The number of benzene rings is 1. The molecule has 9 heteroatoms. The van der Waals surface area contributed by atoms with E-state index in [2.05, 4.69) is 33.4 Å². The second kappa shape index (κ2) is 12.8. The molecule has 2 N–H and O–H groups in total. The summed E-state index contributed by atoms with van der Waals surface area (Å²) >= 11 is 6.52. The second-order valence-electron chi connectivity index (χ2n) is 9.67. The fourth-order valence-corrected chi connectivity index (χ4v) is 5.38. The molecule has 0 saturated carbocycles. The van der Waals surface area contributed by atoms with E-state index in [1.165, 1.54) is 11.8 Å². The van der Waals surface area contributed by atoms with E-state index in [4.69, 9.17) is 30.5 Å². The van der Waals surface area contributed by atoms with Crippen molar-refractivity contribution >= 4 is 22.5 Å². The quantitative estimate of drug-likeness (QED) is 0.452. The van der Waals surface area contributed by atoms with Gasteiger partial charge >= 0.3 is 0 Å². The SMILES string of the molecule is COc1ccc2ncc(Cl)c(C(O)CN3CCOC(CNC(CC4=CC=CCC4)C4=COC=CO4)C3)c2c1. The number of aliphatic hydroxyl groups excluding tert-OH is 1. The van der Waals surface area contributed by atoms with Crippen molar-refractivity contribution in [1.29, 1.82) is 0 Å². The van der Waals surface area contributed by atoms with E-state index in [9.17, 15) is 5.11 Å². The Bertz CT molecular complexity index is 1240. The van der Waals surface area contributed by atoms with Gasteiger partial charge in [-0.3, -0.25) is 9.88 Å². The summed E-state index contributed by atoms with van der Waals surface area (Å²) < 4.78 is 22.6. The van der Waals surface area contributed by atoms with Gasteiger partial charge in [0.1, 0.15) is 24.5 Å². The number of fused-ring (bicyclic) bond motifs is 1. The summed E-state index contributed by atoms with van der Waals surface area (Å²) in [6.07, 6.45) is 14.9. The summed E-state index contributed by atoms with van der Waals surface area (Å²) in [6.45, 7) is 3.07. The lowest BCUT2D eigenvalue weighted by atomic mass is 9.97. The van der Waals surface area contributed by atoms with Gasteiger partial charge < -0.3 is 29.4 Å². The van der Waals surface area contributed by atoms with Crippen LogP contribution in [0.2, 0.25) is 5.02 Å². The summed E-state index contributed by atoms with van der Waals surface area (Å²) in [6, 6.07) is 5.57. The minimum atomic E-state index is -0.782. The molecule has 0 bridgehead atoms. The van der Waals surface area contributed by atoms with Crippen LogP contribution in [-0.2, 0) is 14.2 Å². The maximum Gasteiger partial charge on any atom is 0.155 e. The Morgan fingerprint density at radius 1 is 1.32 bits per heavy atom. The number of nitrogens with zero attached hydrogens (tertiary/aromatic N) is 2. The molecule has 0 amide bonds. The van der Waals surface area contributed by atoms with E-state index < -0.39 is 6.10 Å². The largest absolute Gasteiger partial charge is 0.497 e. The Hall–Kier alpha value is -2.88. The Morgan fingerprint density at radius 2 is 2.24 bits per heavy atom. The highest BCUT2D eigenvalue weighted by molar-refractivity contribution is 6.32. The van der Waals surface area contributed by atoms with Crippen LogP contribution < -0.4 is 10.1 Å². The Kier molecular flexibility index (Phi) is 8.98. The molecule has 1 aliphatic carbocycles. The minimum absolute atomic E-state index is 0.0285. The van der Waals surface area contributed by atoms with Crippen LogP contribution in [0.5, 0.6) is 5.75 Å². The van der Waals surface area contributed by atoms with E-state index in [0.29, 0.717) is 42.6 Å². The van der Waals surface area contributed by atoms with Crippen molar-refractivity contribution in [1.82, 2.24) is 15.2 Å². The molecule has 2 aromatic rings. The molecule has 3 unspecified atom stereocenters. The van der Waals surface area contributed by atoms with Gasteiger partial charge in [0.15, 0.2) is 5.76 Å². The van der Waals surface area contributed by atoms with Gasteiger partial charge in [0.2, 0.25) is 0 Å². The number of hydrogen-bond donors (Lipinski definition) is 2. The van der Waals surface area contributed by atoms with Gasteiger partial charge in [0.05, 0.1) is 42.5 Å². The molecule has 1 saturated heterocycles. The van der Waals surface area contributed by atoms with Gasteiger partial charge in [-0.15, -0.1) is 0 Å². The lowest BCUT2D eigenvalue weighted by Crippen LogP contribution is -2.49. The number of aromatic nitrogens is 1. The monoisotopic (exact) mass is 539 g/mol. The van der Waals surface area contributed by atoms with Crippen LogP contribution in [0, 0.1) is 0 Å². The number of halogens is 1. The zero-order valence-electron chi connectivity index (χ0n) is 21.5. The molecular weight excluding hydrogens is 506 g/mol. The van der Waals surface area contributed by atoms with E-state index in [1.54, 1.807) is 25.8 Å². The zero-order valence-corrected chi connectivity index (χ0v) is 22.3. The molecule has 3 aliphatic rings. The second-order valence-corrected chi connectivity index (χ2v) is 10.1. The Morgan fingerprint density at radius 3 is 3.03 bits per heavy atom. The number of morpholine rings is 1. The Labute approximate surface area is 228 Å². The van der Waals surface area contributed by atoms with Crippen molar-refractivity contribution in [3.05, 3.63) is 83.3 Å². The van der Waals surface area contributed by atoms with Crippen LogP contribution in [0.4, 0.5) is 0 Å². The average Bonchev–Trinajstić information content (AvgIpc) is 2.96. The molecule has 38 heavy (non-hydrogen) atoms. The first-order valence-electron chi connectivity index (χ1n) is 13.0. The highest BCUT2D eigenvalue weighted by Gasteiger charge is 2.27. The molecular formula is C29H34ClN3O5. The van der Waals surface area contributed by atoms with Crippen LogP contribution in [0.1, 0.15) is 30.9 Å². The first-order chi connectivity index (χ1) is 18.6. The van der Waals surface area contributed by atoms with Crippen LogP contribution in [0.3, 0.4) is 0 Å². The predicted molar refractivity (Wildman–Crippen MR) is 147 cm³/mol. The van der Waals surface area contributed by atoms with Crippen molar-refractivity contribution in [2.45, 2.75) is 37.5 Å². The number of pyridine rings is 1. The smallest absolute Gasteiger partial charge is 0.155 e. The fourth-order valence-electron chi connectivity index (χ4n) is 5.11. The molecule has 2 aliphatic heterocycles. The van der Waals surface area contributed by atoms with E-state index in [-0.39, 0.29) is 12.1 Å². The number of ether oxygens (including phenoxy) is 4. The van der Waals surface area contributed by atoms with Gasteiger partial charge in [0.25, 0.3) is 0 Å². The molecule has 1 aromatic carbocycles. The van der Waals surface area contributed by atoms with Crippen molar-refractivity contribution in [2.75, 3.05) is 39.9 Å². The lowest BCUT2D eigenvalue weighted by Gasteiger charge is -2.35. The van der Waals surface area contributed by atoms with Gasteiger partial charge in [-0.1, -0.05) is 35.4 Å². The number of aliphatic hydroxyl groups is 1. The highest BCUT2D eigenvalue weighted by atomic mass is 35.5. The fraction of sp³-hybridized carbons (Fsp3) is 0.414. The topological polar surface area (TPSA) is 85.3 Å². The summed E-state index contributed by atoms with van der Waals surface area (Å²) in [7, 11) is 1.62. The third-order valence-electron chi connectivity index (χ3n) is 7.08. The Balaban J connectivity index is 1.22. The molecule has 0 radical (unpaired) electrons. The zero-order chi connectivity index (χ0) is 26.3. The molecule has 3 heterocycles. The summed E-state index contributed by atoms with van der Waals surface area (Å²) in [5.41, 5.74) is 2.80. The first kappa shape index (κ1) is 26.7. The van der Waals surface area contributed by atoms with Crippen molar-refractivity contribution in [3.8, 4) is 5.75 Å². The van der Waals surface area contributed by atoms with E-state index >= 15 is 0 Å². The number of rotatable bonds is 10. The maximum atomic E-state index is 11.3. The summed E-state index contributed by atoms with van der Waals surface area (Å²) in [5, 5.41) is 16.1. The van der Waals surface area contributed by atoms with Crippen LogP contribution in [0.15, 0.2) is 72.7 Å². The predicted octanol–water partition coefficient (Wildman–Crippen LogP) is 4.62. The number of hydrogen-bond acceptors (Lipinski definition) is 8. The summed E-state index contributed by atoms with van der Waals surface area (Å²) in [4.78, 5) is 6.62. The molecule has 1 fully saturated rings. The molecule has 202 valence electrons. The average molecular weight is 540 g/mol. The third kappa shape index (κ3) is 6.57. The van der Waals surface area contributed by atoms with Gasteiger partial charge in [-0.05, 0) is 37.5 Å². The molecule has 3 atom stereocenters. The van der Waals surface area contributed by atoms with Crippen molar-refractivity contribution < 1.29 is 24.1 Å². The molecule has 8 nitrogen and oxygen atoms in total. The standard InChI is InChI=1S/C29H34ClN3O5/c1-35-21-7-8-25-23(14-21)29(24(30)16-32-25)27(34)18-33-9-10-37-22(17-33)15-31-26(28-19-36-11-12-38-28)13-20-5-3-2-4-6-20/h2-3,5,7-8,11-12,14,16,19,22,26-27,31,34H,4,6,9-10,13,15,17-18H2,1H3. The first-order valence-corrected chi connectivity index (χ1v) is 13.4. The van der Waals surface area contributed by atoms with Crippen LogP contribution >= 0.6 is 11.6 Å². The van der Waals surface area contributed by atoms with Crippen molar-refractivity contribution in [2.24, 2.45) is 0 Å². The number of methoxy groups -OCH3 is 1. The molecule has 0 spiro atoms. The van der Waals surface area contributed by atoms with E-state index in [0.717, 1.165) is 42.5 Å². The van der Waals surface area contributed by atoms with Gasteiger partial charge in [-0.2, -0.15) is 0 Å². The maximum absolute atomic E-state index is 11.3. The van der Waals surface area contributed by atoms with Gasteiger partial charge in [-0.25, -0.2) is 0 Å². The normalized spacial score (nSPS) is 21.3. The number of β-amino-alcohol motifs (C(OH)–C–C–N with tert-alkyl or cyclic N) is 1. The van der Waals surface area contributed by atoms with Crippen molar-refractivity contribution in [3.63, 3.8) is 0 Å². The van der Waals surface area contributed by atoms with Crippen LogP contribution in [0.25, 0.3) is 10.9 Å².